The molecule has 0 bridgehead atoms. The van der Waals surface area contributed by atoms with E-state index in [-0.39, 0.29) is 42.8 Å². The van der Waals surface area contributed by atoms with Crippen LogP contribution in [-0.2, 0) is 14.3 Å². The Balaban J connectivity index is 0. The van der Waals surface area contributed by atoms with Crippen LogP contribution in [0.2, 0.25) is 0 Å². The summed E-state index contributed by atoms with van der Waals surface area (Å²) in [6.45, 7) is 0.704. The SMILES string of the molecule is NCCCOS(=O)(=O)C1CCCCC1.[H-].[Na+]. The summed E-state index contributed by atoms with van der Waals surface area (Å²) in [6, 6.07) is 0. The Labute approximate surface area is 116 Å². The third kappa shape index (κ3) is 5.65. The van der Waals surface area contributed by atoms with Crippen molar-refractivity contribution in [2.75, 3.05) is 13.2 Å². The normalized spacial score (nSPS) is 18.5. The molecule has 0 spiro atoms. The molecule has 1 rings (SSSR count). The second-order valence-electron chi connectivity index (χ2n) is 3.72. The van der Waals surface area contributed by atoms with Crippen LogP contribution in [0.15, 0.2) is 0 Å². The van der Waals surface area contributed by atoms with E-state index < -0.39 is 10.1 Å². The molecule has 0 unspecified atom stereocenters. The molecule has 0 aliphatic heterocycles. The van der Waals surface area contributed by atoms with Crippen molar-refractivity contribution in [3.05, 3.63) is 0 Å². The van der Waals surface area contributed by atoms with Crippen LogP contribution in [0.1, 0.15) is 40.0 Å². The zero-order valence-electron chi connectivity index (χ0n) is 10.4. The number of nitrogens with two attached hydrogens (primary N) is 1. The van der Waals surface area contributed by atoms with E-state index in [4.69, 9.17) is 9.92 Å². The van der Waals surface area contributed by atoms with Gasteiger partial charge in [-0.1, -0.05) is 19.3 Å². The molecule has 0 radical (unpaired) electrons. The third-order valence-corrected chi connectivity index (χ3v) is 4.34. The van der Waals surface area contributed by atoms with Gasteiger partial charge in [0.2, 0.25) is 0 Å². The van der Waals surface area contributed by atoms with Crippen LogP contribution in [0, 0.1) is 0 Å². The number of rotatable bonds is 5. The molecule has 1 fully saturated rings. The van der Waals surface area contributed by atoms with Crippen LogP contribution < -0.4 is 35.3 Å². The molecule has 2 N–H and O–H groups in total. The van der Waals surface area contributed by atoms with Crippen molar-refractivity contribution in [2.24, 2.45) is 5.73 Å². The van der Waals surface area contributed by atoms with E-state index in [1.807, 2.05) is 0 Å². The molecule has 15 heavy (non-hydrogen) atoms. The molecule has 0 amide bonds. The Morgan fingerprint density at radius 3 is 2.40 bits per heavy atom. The predicted octanol–water partition coefficient (Wildman–Crippen LogP) is -1.87. The summed E-state index contributed by atoms with van der Waals surface area (Å²) in [6.07, 6.45) is 5.27. The van der Waals surface area contributed by atoms with Crippen molar-refractivity contribution in [3.63, 3.8) is 0 Å². The van der Waals surface area contributed by atoms with Gasteiger partial charge in [0.25, 0.3) is 10.1 Å². The van der Waals surface area contributed by atoms with E-state index in [9.17, 15) is 8.42 Å². The molecule has 0 atom stereocenters. The fraction of sp³-hybridized carbons (Fsp3) is 1.00. The summed E-state index contributed by atoms with van der Waals surface area (Å²) in [7, 11) is -3.31. The van der Waals surface area contributed by atoms with Crippen LogP contribution in [0.3, 0.4) is 0 Å². The van der Waals surface area contributed by atoms with Crippen molar-refractivity contribution in [1.82, 2.24) is 0 Å². The molecule has 0 aromatic rings. The third-order valence-electron chi connectivity index (χ3n) is 2.56. The van der Waals surface area contributed by atoms with E-state index in [0.717, 1.165) is 32.1 Å². The first-order valence-corrected chi connectivity index (χ1v) is 6.72. The molecule has 1 aliphatic rings. The molecule has 1 aliphatic carbocycles. The Kier molecular flexibility index (Phi) is 8.50. The molecule has 1 saturated carbocycles. The predicted molar refractivity (Wildman–Crippen MR) is 56.5 cm³/mol. The maximum absolute atomic E-state index is 11.6. The van der Waals surface area contributed by atoms with Crippen molar-refractivity contribution in [1.29, 1.82) is 0 Å². The van der Waals surface area contributed by atoms with Crippen molar-refractivity contribution in [2.45, 2.75) is 43.8 Å². The maximum Gasteiger partial charge on any atom is 1.00 e. The Morgan fingerprint density at radius 2 is 1.87 bits per heavy atom. The standard InChI is InChI=1S/C9H19NO3S.Na.H/c10-7-4-8-13-14(11,12)9-5-2-1-3-6-9;;/h9H,1-8,10H2;;/q;+1;-1. The second kappa shape index (κ2) is 8.03. The summed E-state index contributed by atoms with van der Waals surface area (Å²) >= 11 is 0. The minimum atomic E-state index is -3.31. The molecular formula is C9H20NNaO3S. The van der Waals surface area contributed by atoms with Gasteiger partial charge in [-0.05, 0) is 25.8 Å². The van der Waals surface area contributed by atoms with Gasteiger partial charge in [-0.2, -0.15) is 8.42 Å². The van der Waals surface area contributed by atoms with Gasteiger partial charge in [0.05, 0.1) is 11.9 Å². The first kappa shape index (κ1) is 15.9. The average molecular weight is 245 g/mol. The van der Waals surface area contributed by atoms with Crippen LogP contribution >= 0.6 is 0 Å². The van der Waals surface area contributed by atoms with Gasteiger partial charge in [-0.3, -0.25) is 4.18 Å². The molecule has 6 heteroatoms. The smallest absolute Gasteiger partial charge is 1.00 e. The monoisotopic (exact) mass is 245 g/mol. The molecule has 0 heterocycles. The zero-order valence-corrected chi connectivity index (χ0v) is 12.3. The van der Waals surface area contributed by atoms with Gasteiger partial charge in [-0.25, -0.2) is 0 Å². The first-order chi connectivity index (χ1) is 6.67. The fourth-order valence-electron chi connectivity index (χ4n) is 1.71. The fourth-order valence-corrected chi connectivity index (χ4v) is 3.16. The van der Waals surface area contributed by atoms with E-state index >= 15 is 0 Å². The molecule has 4 nitrogen and oxygen atoms in total. The second-order valence-corrected chi connectivity index (χ2v) is 5.60. The number of hydrogen-bond acceptors (Lipinski definition) is 4. The zero-order chi connectivity index (χ0) is 10.4. The van der Waals surface area contributed by atoms with Crippen LogP contribution in [-0.4, -0.2) is 26.8 Å². The summed E-state index contributed by atoms with van der Waals surface area (Å²) in [5.74, 6) is 0. The minimum absolute atomic E-state index is 0. The van der Waals surface area contributed by atoms with Gasteiger partial charge in [-0.15, -0.1) is 0 Å². The summed E-state index contributed by atoms with van der Waals surface area (Å²) in [5.41, 5.74) is 5.26. The Hall–Kier alpha value is 0.870. The molecular weight excluding hydrogens is 225 g/mol. The van der Waals surface area contributed by atoms with Gasteiger partial charge >= 0.3 is 29.6 Å². The summed E-state index contributed by atoms with van der Waals surface area (Å²) in [5, 5.41) is -0.269. The van der Waals surface area contributed by atoms with E-state index in [0.29, 0.717) is 13.0 Å². The maximum atomic E-state index is 11.6. The molecule has 0 aromatic carbocycles. The van der Waals surface area contributed by atoms with Crippen LogP contribution in [0.4, 0.5) is 0 Å². The van der Waals surface area contributed by atoms with E-state index in [1.54, 1.807) is 0 Å². The Bertz CT molecular complexity index is 255. The molecule has 0 aromatic heterocycles. The van der Waals surface area contributed by atoms with Gasteiger partial charge < -0.3 is 7.16 Å². The molecule has 86 valence electrons. The van der Waals surface area contributed by atoms with E-state index in [1.165, 1.54) is 0 Å². The quantitative estimate of drug-likeness (QED) is 0.350. The van der Waals surface area contributed by atoms with Crippen LogP contribution in [0.5, 0.6) is 0 Å². The van der Waals surface area contributed by atoms with Crippen molar-refractivity contribution in [3.8, 4) is 0 Å². The summed E-state index contributed by atoms with van der Waals surface area (Å²) < 4.78 is 28.1. The van der Waals surface area contributed by atoms with Crippen molar-refractivity contribution < 1.29 is 43.6 Å². The van der Waals surface area contributed by atoms with Gasteiger partial charge in [0.1, 0.15) is 0 Å². The average Bonchev–Trinajstić information content (AvgIpc) is 2.19. The van der Waals surface area contributed by atoms with E-state index in [2.05, 4.69) is 0 Å². The van der Waals surface area contributed by atoms with Gasteiger partial charge in [0.15, 0.2) is 0 Å². The minimum Gasteiger partial charge on any atom is -1.00 e. The number of hydrogen-bond donors (Lipinski definition) is 1. The van der Waals surface area contributed by atoms with Crippen LogP contribution in [0.25, 0.3) is 0 Å². The first-order valence-electron chi connectivity index (χ1n) is 5.25. The summed E-state index contributed by atoms with van der Waals surface area (Å²) in [4.78, 5) is 0. The van der Waals surface area contributed by atoms with Crippen molar-refractivity contribution >= 4 is 10.1 Å². The molecule has 0 saturated heterocycles. The largest absolute Gasteiger partial charge is 1.00 e. The van der Waals surface area contributed by atoms with Gasteiger partial charge in [0, 0.05) is 0 Å². The Morgan fingerprint density at radius 1 is 1.27 bits per heavy atom. The topological polar surface area (TPSA) is 69.4 Å².